The van der Waals surface area contributed by atoms with Crippen LogP contribution >= 0.6 is 0 Å². The lowest BCUT2D eigenvalue weighted by molar-refractivity contribution is 0.517. The van der Waals surface area contributed by atoms with E-state index in [-0.39, 0.29) is 17.1 Å². The highest BCUT2D eigenvalue weighted by Gasteiger charge is 2.20. The zero-order valence-corrected chi connectivity index (χ0v) is 10.5. The molecule has 0 spiro atoms. The second-order valence-electron chi connectivity index (χ2n) is 4.11. The summed E-state index contributed by atoms with van der Waals surface area (Å²) in [5, 5.41) is 0.0338. The van der Waals surface area contributed by atoms with Gasteiger partial charge in [-0.1, -0.05) is 0 Å². The molecule has 7 heteroatoms. The second kappa shape index (κ2) is 4.94. The monoisotopic (exact) mass is 246 g/mol. The fourth-order valence-corrected chi connectivity index (χ4v) is 2.70. The van der Waals surface area contributed by atoms with Gasteiger partial charge in [0.2, 0.25) is 0 Å². The highest BCUT2D eigenvalue weighted by molar-refractivity contribution is 7.89. The van der Waals surface area contributed by atoms with Crippen LogP contribution in [0, 0.1) is 0 Å². The number of hydrogen-bond acceptors (Lipinski definition) is 4. The maximum Gasteiger partial charge on any atom is 0.259 e. The number of nitrogens with zero attached hydrogens (tertiary/aromatic N) is 2. The summed E-state index contributed by atoms with van der Waals surface area (Å²) >= 11 is 0. The fraction of sp³-hybridized carbons (Fsp3) is 0.667. The van der Waals surface area contributed by atoms with Gasteiger partial charge in [-0.2, -0.15) is 0 Å². The van der Waals surface area contributed by atoms with Crippen molar-refractivity contribution in [3.8, 4) is 0 Å². The van der Waals surface area contributed by atoms with E-state index in [0.717, 1.165) is 0 Å². The van der Waals surface area contributed by atoms with Crippen LogP contribution in [0.4, 0.5) is 0 Å². The summed E-state index contributed by atoms with van der Waals surface area (Å²) in [5.41, 5.74) is 5.60. The Balaban J connectivity index is 2.73. The van der Waals surface area contributed by atoms with Crippen molar-refractivity contribution < 1.29 is 8.42 Å². The summed E-state index contributed by atoms with van der Waals surface area (Å²) in [7, 11) is -1.80. The molecule has 1 aromatic rings. The third-order valence-corrected chi connectivity index (χ3v) is 3.51. The van der Waals surface area contributed by atoms with Crippen LogP contribution in [0.1, 0.15) is 20.3 Å². The van der Waals surface area contributed by atoms with E-state index in [9.17, 15) is 8.42 Å². The van der Waals surface area contributed by atoms with E-state index in [1.165, 1.54) is 12.5 Å². The molecule has 2 unspecified atom stereocenters. The molecule has 0 saturated heterocycles. The van der Waals surface area contributed by atoms with E-state index in [0.29, 0.717) is 6.42 Å². The van der Waals surface area contributed by atoms with Crippen molar-refractivity contribution in [2.75, 3.05) is 0 Å². The lowest BCUT2D eigenvalue weighted by Crippen LogP contribution is -2.36. The zero-order chi connectivity index (χ0) is 12.3. The van der Waals surface area contributed by atoms with E-state index in [2.05, 4.69) is 9.71 Å². The minimum Gasteiger partial charge on any atom is -0.339 e. The van der Waals surface area contributed by atoms with E-state index in [1.54, 1.807) is 18.5 Å². The molecule has 0 radical (unpaired) electrons. The van der Waals surface area contributed by atoms with Gasteiger partial charge in [0.15, 0.2) is 5.03 Å². The molecule has 92 valence electrons. The van der Waals surface area contributed by atoms with Gasteiger partial charge in [0.1, 0.15) is 0 Å². The molecular formula is C9H18N4O2S. The van der Waals surface area contributed by atoms with Crippen LogP contribution in [-0.4, -0.2) is 30.1 Å². The summed E-state index contributed by atoms with van der Waals surface area (Å²) in [6, 6.07) is -0.242. The Bertz CT molecular complexity index is 438. The van der Waals surface area contributed by atoms with Crippen molar-refractivity contribution in [1.82, 2.24) is 14.3 Å². The average molecular weight is 246 g/mol. The topological polar surface area (TPSA) is 90.0 Å². The molecular weight excluding hydrogens is 228 g/mol. The predicted molar refractivity (Wildman–Crippen MR) is 61.3 cm³/mol. The van der Waals surface area contributed by atoms with Gasteiger partial charge in [-0.15, -0.1) is 0 Å². The number of nitrogens with two attached hydrogens (primary N) is 1. The molecule has 16 heavy (non-hydrogen) atoms. The van der Waals surface area contributed by atoms with Gasteiger partial charge in [0, 0.05) is 25.3 Å². The van der Waals surface area contributed by atoms with E-state index in [4.69, 9.17) is 5.73 Å². The average Bonchev–Trinajstić information content (AvgIpc) is 2.49. The van der Waals surface area contributed by atoms with Crippen molar-refractivity contribution in [2.24, 2.45) is 12.8 Å². The van der Waals surface area contributed by atoms with Crippen LogP contribution in [0.25, 0.3) is 0 Å². The lowest BCUT2D eigenvalue weighted by atomic mass is 10.1. The number of aryl methyl sites for hydroxylation is 1. The molecule has 6 nitrogen and oxygen atoms in total. The second-order valence-corrected chi connectivity index (χ2v) is 5.77. The first-order valence-corrected chi connectivity index (χ1v) is 6.55. The van der Waals surface area contributed by atoms with Crippen molar-refractivity contribution in [2.45, 2.75) is 37.4 Å². The first-order valence-electron chi connectivity index (χ1n) is 5.07. The number of nitrogens with one attached hydrogen (secondary N) is 1. The van der Waals surface area contributed by atoms with Gasteiger partial charge in [0.25, 0.3) is 10.0 Å². The van der Waals surface area contributed by atoms with Gasteiger partial charge in [-0.25, -0.2) is 18.1 Å². The third kappa shape index (κ3) is 3.58. The van der Waals surface area contributed by atoms with Crippen LogP contribution in [0.2, 0.25) is 0 Å². The number of sulfonamides is 1. The zero-order valence-electron chi connectivity index (χ0n) is 9.71. The normalized spacial score (nSPS) is 16.0. The molecule has 3 N–H and O–H groups in total. The number of hydrogen-bond donors (Lipinski definition) is 2. The first-order chi connectivity index (χ1) is 7.31. The third-order valence-electron chi connectivity index (χ3n) is 2.04. The van der Waals surface area contributed by atoms with Crippen LogP contribution in [0.15, 0.2) is 17.6 Å². The molecule has 2 atom stereocenters. The largest absolute Gasteiger partial charge is 0.339 e. The summed E-state index contributed by atoms with van der Waals surface area (Å²) in [4.78, 5) is 3.80. The molecule has 1 rings (SSSR count). The minimum absolute atomic E-state index is 0.0338. The molecule has 0 aliphatic rings. The fourth-order valence-electron chi connectivity index (χ4n) is 1.46. The number of rotatable bonds is 5. The molecule has 0 amide bonds. The van der Waals surface area contributed by atoms with Crippen molar-refractivity contribution in [3.05, 3.63) is 12.5 Å². The maximum absolute atomic E-state index is 11.8. The predicted octanol–water partition coefficient (Wildman–Crippen LogP) is -0.176. The Hall–Kier alpha value is -0.920. The minimum atomic E-state index is -3.52. The number of aromatic nitrogens is 2. The number of imidazole rings is 1. The quantitative estimate of drug-likeness (QED) is 0.754. The Morgan fingerprint density at radius 3 is 2.62 bits per heavy atom. The Labute approximate surface area is 95.9 Å². The van der Waals surface area contributed by atoms with Crippen LogP contribution in [0.3, 0.4) is 0 Å². The van der Waals surface area contributed by atoms with Gasteiger partial charge in [-0.3, -0.25) is 0 Å². The Morgan fingerprint density at radius 2 is 2.19 bits per heavy atom. The Morgan fingerprint density at radius 1 is 1.56 bits per heavy atom. The van der Waals surface area contributed by atoms with E-state index < -0.39 is 10.0 Å². The highest BCUT2D eigenvalue weighted by Crippen LogP contribution is 2.06. The van der Waals surface area contributed by atoms with Crippen molar-refractivity contribution >= 4 is 10.0 Å². The highest BCUT2D eigenvalue weighted by atomic mass is 32.2. The standard InChI is InChI=1S/C9H18N4O2S/c1-7(10)4-8(2)12-16(14,15)9-5-13(3)6-11-9/h5-8,12H,4,10H2,1-3H3. The van der Waals surface area contributed by atoms with Gasteiger partial charge >= 0.3 is 0 Å². The molecule has 0 fully saturated rings. The molecule has 0 saturated carbocycles. The first kappa shape index (κ1) is 13.1. The molecule has 0 bridgehead atoms. The van der Waals surface area contributed by atoms with Crippen LogP contribution in [0.5, 0.6) is 0 Å². The van der Waals surface area contributed by atoms with Gasteiger partial charge in [-0.05, 0) is 20.3 Å². The SMILES string of the molecule is CC(N)CC(C)NS(=O)(=O)c1cn(C)cn1. The van der Waals surface area contributed by atoms with E-state index in [1.807, 2.05) is 6.92 Å². The smallest absolute Gasteiger partial charge is 0.259 e. The molecule has 0 aromatic carbocycles. The summed E-state index contributed by atoms with van der Waals surface area (Å²) in [5.74, 6) is 0. The summed E-state index contributed by atoms with van der Waals surface area (Å²) in [6.45, 7) is 3.62. The van der Waals surface area contributed by atoms with Crippen LogP contribution < -0.4 is 10.5 Å². The van der Waals surface area contributed by atoms with Gasteiger partial charge < -0.3 is 10.3 Å². The Kier molecular flexibility index (Phi) is 4.06. The summed E-state index contributed by atoms with van der Waals surface area (Å²) in [6.07, 6.45) is 3.50. The molecule has 0 aliphatic heterocycles. The lowest BCUT2D eigenvalue weighted by Gasteiger charge is -2.14. The van der Waals surface area contributed by atoms with Crippen LogP contribution in [-0.2, 0) is 17.1 Å². The molecule has 1 aromatic heterocycles. The van der Waals surface area contributed by atoms with Crippen molar-refractivity contribution in [1.29, 1.82) is 0 Å². The molecule has 0 aliphatic carbocycles. The van der Waals surface area contributed by atoms with Crippen molar-refractivity contribution in [3.63, 3.8) is 0 Å². The van der Waals surface area contributed by atoms with Gasteiger partial charge in [0.05, 0.1) is 6.33 Å². The maximum atomic E-state index is 11.8. The summed E-state index contributed by atoms with van der Waals surface area (Å²) < 4.78 is 27.7. The molecule has 1 heterocycles. The van der Waals surface area contributed by atoms with E-state index >= 15 is 0 Å².